The van der Waals surface area contributed by atoms with Crippen molar-refractivity contribution in [2.24, 2.45) is 0 Å². The zero-order valence-electron chi connectivity index (χ0n) is 9.00. The van der Waals surface area contributed by atoms with Gasteiger partial charge in [0.25, 0.3) is 0 Å². The number of ether oxygens (including phenoxy) is 2. The summed E-state index contributed by atoms with van der Waals surface area (Å²) in [5.74, 6) is 1.16. The third kappa shape index (κ3) is 2.01. The summed E-state index contributed by atoms with van der Waals surface area (Å²) in [6.45, 7) is 4.39. The Labute approximate surface area is 85.9 Å². The molecule has 0 atom stereocenters. The number of rotatable bonds is 3. The predicted octanol–water partition coefficient (Wildman–Crippen LogP) is 1.10. The molecule has 0 heterocycles. The van der Waals surface area contributed by atoms with E-state index >= 15 is 0 Å². The number of phenolic OH excluding ortho intramolecular Hbond substituents is 1. The molecule has 1 aromatic rings. The normalized spacial score (nSPS) is 10.4. The Morgan fingerprint density at radius 3 is 2.21 bits per heavy atom. The summed E-state index contributed by atoms with van der Waals surface area (Å²) in [5, 5.41) is 10.8. The number of benzene rings is 1. The van der Waals surface area contributed by atoms with Crippen LogP contribution in [0.15, 0.2) is 12.1 Å². The van der Waals surface area contributed by atoms with Gasteiger partial charge in [-0.05, 0) is 12.1 Å². The van der Waals surface area contributed by atoms with Crippen LogP contribution in [0.5, 0.6) is 17.2 Å². The van der Waals surface area contributed by atoms with Crippen LogP contribution in [-0.4, -0.2) is 28.1 Å². The zero-order valence-corrected chi connectivity index (χ0v) is 10.2. The van der Waals surface area contributed by atoms with Crippen LogP contribution >= 0.6 is 0 Å². The molecule has 1 rings (SSSR count). The molecule has 1 N–H and O–H groups in total. The Morgan fingerprint density at radius 1 is 1.14 bits per heavy atom. The van der Waals surface area contributed by atoms with Crippen molar-refractivity contribution in [3.8, 4) is 17.2 Å². The van der Waals surface area contributed by atoms with Gasteiger partial charge >= 0.3 is 0 Å². The van der Waals surface area contributed by atoms with Gasteiger partial charge in [0.1, 0.15) is 0 Å². The van der Waals surface area contributed by atoms with Crippen LogP contribution < -0.4 is 14.7 Å². The van der Waals surface area contributed by atoms with Crippen molar-refractivity contribution in [3.05, 3.63) is 12.1 Å². The van der Waals surface area contributed by atoms with Crippen molar-refractivity contribution < 1.29 is 14.6 Å². The van der Waals surface area contributed by atoms with Gasteiger partial charge in [0, 0.05) is 0 Å². The number of phenols is 1. The number of hydrogen-bond acceptors (Lipinski definition) is 3. The summed E-state index contributed by atoms with van der Waals surface area (Å²) in [4.78, 5) is 0. The lowest BCUT2D eigenvalue weighted by Gasteiger charge is -2.12. The molecule has 0 spiro atoms. The highest BCUT2D eigenvalue weighted by Crippen LogP contribution is 2.34. The summed E-state index contributed by atoms with van der Waals surface area (Å²) in [5.41, 5.74) is 0. The smallest absolute Gasteiger partial charge is 0.203 e. The first kappa shape index (κ1) is 10.9. The number of hydrogen-bond donors (Lipinski definition) is 1. The molecule has 78 valence electrons. The molecule has 1 aromatic carbocycles. The second-order valence-corrected chi connectivity index (χ2v) is 6.41. The van der Waals surface area contributed by atoms with Crippen LogP contribution in [0.3, 0.4) is 0 Å². The predicted molar refractivity (Wildman–Crippen MR) is 59.7 cm³/mol. The first-order valence-electron chi connectivity index (χ1n) is 4.55. The number of aromatic hydroxyl groups is 1. The standard InChI is InChI=1S/C10H16O3Si/c1-12-9-6-7(14(3)4)5-8(11)10(9)13-2/h5-6,11,14H,1-4H3. The molecule has 0 aliphatic carbocycles. The fraction of sp³-hybridized carbons (Fsp3) is 0.400. The van der Waals surface area contributed by atoms with Crippen LogP contribution in [0, 0.1) is 0 Å². The molecule has 0 radical (unpaired) electrons. The van der Waals surface area contributed by atoms with Crippen molar-refractivity contribution in [3.63, 3.8) is 0 Å². The molecule has 0 unspecified atom stereocenters. The summed E-state index contributed by atoms with van der Waals surface area (Å²) >= 11 is 0. The second kappa shape index (κ2) is 4.37. The maximum absolute atomic E-state index is 9.67. The Bertz CT molecular complexity index is 323. The van der Waals surface area contributed by atoms with Crippen LogP contribution in [0.25, 0.3) is 0 Å². The molecular formula is C10H16O3Si. The van der Waals surface area contributed by atoms with E-state index in [9.17, 15) is 5.11 Å². The lowest BCUT2D eigenvalue weighted by atomic mass is 10.3. The van der Waals surface area contributed by atoms with Gasteiger partial charge in [-0.1, -0.05) is 18.3 Å². The second-order valence-electron chi connectivity index (χ2n) is 3.43. The molecule has 4 heteroatoms. The number of methoxy groups -OCH3 is 2. The average Bonchev–Trinajstić information content (AvgIpc) is 2.16. The quantitative estimate of drug-likeness (QED) is 0.763. The van der Waals surface area contributed by atoms with Gasteiger partial charge in [0.15, 0.2) is 11.5 Å². The van der Waals surface area contributed by atoms with E-state index in [-0.39, 0.29) is 5.75 Å². The van der Waals surface area contributed by atoms with Crippen LogP contribution in [0.1, 0.15) is 0 Å². The van der Waals surface area contributed by atoms with E-state index in [1.807, 2.05) is 6.07 Å². The largest absolute Gasteiger partial charge is 0.504 e. The molecule has 0 bridgehead atoms. The Balaban J connectivity index is 3.24. The van der Waals surface area contributed by atoms with Gasteiger partial charge in [-0.3, -0.25) is 0 Å². The van der Waals surface area contributed by atoms with E-state index in [4.69, 9.17) is 9.47 Å². The van der Waals surface area contributed by atoms with Crippen molar-refractivity contribution >= 4 is 14.0 Å². The van der Waals surface area contributed by atoms with Crippen molar-refractivity contribution in [2.75, 3.05) is 14.2 Å². The van der Waals surface area contributed by atoms with Crippen molar-refractivity contribution in [1.82, 2.24) is 0 Å². The van der Waals surface area contributed by atoms with E-state index in [0.29, 0.717) is 11.5 Å². The molecule has 0 aliphatic heterocycles. The van der Waals surface area contributed by atoms with Crippen LogP contribution in [0.2, 0.25) is 13.1 Å². The lowest BCUT2D eigenvalue weighted by Crippen LogP contribution is -2.22. The van der Waals surface area contributed by atoms with E-state index < -0.39 is 8.80 Å². The molecule has 14 heavy (non-hydrogen) atoms. The fourth-order valence-corrected chi connectivity index (χ4v) is 2.27. The third-order valence-corrected chi connectivity index (χ3v) is 3.81. The van der Waals surface area contributed by atoms with E-state index in [1.165, 1.54) is 12.3 Å². The average molecular weight is 212 g/mol. The minimum atomic E-state index is -0.926. The Morgan fingerprint density at radius 2 is 1.79 bits per heavy atom. The Kier molecular flexibility index (Phi) is 3.41. The monoisotopic (exact) mass is 212 g/mol. The molecular weight excluding hydrogens is 196 g/mol. The molecule has 0 aliphatic rings. The summed E-state index contributed by atoms with van der Waals surface area (Å²) in [6, 6.07) is 3.70. The SMILES string of the molecule is COc1cc([SiH](C)C)cc(O)c1OC. The summed E-state index contributed by atoms with van der Waals surface area (Å²) in [7, 11) is 2.16. The highest BCUT2D eigenvalue weighted by molar-refractivity contribution is 6.70. The zero-order chi connectivity index (χ0) is 10.7. The maximum Gasteiger partial charge on any atom is 0.203 e. The minimum absolute atomic E-state index is 0.156. The molecule has 0 saturated heterocycles. The van der Waals surface area contributed by atoms with Gasteiger partial charge in [0.2, 0.25) is 5.75 Å². The summed E-state index contributed by atoms with van der Waals surface area (Å²) < 4.78 is 10.2. The summed E-state index contributed by atoms with van der Waals surface area (Å²) in [6.07, 6.45) is 0. The lowest BCUT2D eigenvalue weighted by molar-refractivity contribution is 0.333. The molecule has 3 nitrogen and oxygen atoms in total. The highest BCUT2D eigenvalue weighted by atomic mass is 28.3. The van der Waals surface area contributed by atoms with E-state index in [1.54, 1.807) is 13.2 Å². The molecule has 0 fully saturated rings. The van der Waals surface area contributed by atoms with Crippen LogP contribution in [-0.2, 0) is 0 Å². The molecule has 0 amide bonds. The minimum Gasteiger partial charge on any atom is -0.504 e. The Hall–Kier alpha value is -1.16. The van der Waals surface area contributed by atoms with Gasteiger partial charge in [-0.25, -0.2) is 0 Å². The fourth-order valence-electron chi connectivity index (χ4n) is 1.30. The molecule has 0 saturated carbocycles. The molecule has 0 aromatic heterocycles. The van der Waals surface area contributed by atoms with Crippen LogP contribution in [0.4, 0.5) is 0 Å². The van der Waals surface area contributed by atoms with Gasteiger partial charge < -0.3 is 14.6 Å². The third-order valence-electron chi connectivity index (χ3n) is 2.15. The van der Waals surface area contributed by atoms with Crippen molar-refractivity contribution in [2.45, 2.75) is 13.1 Å². The van der Waals surface area contributed by atoms with Gasteiger partial charge in [0.05, 0.1) is 23.0 Å². The highest BCUT2D eigenvalue weighted by Gasteiger charge is 2.13. The topological polar surface area (TPSA) is 38.7 Å². The maximum atomic E-state index is 9.67. The van der Waals surface area contributed by atoms with Crippen molar-refractivity contribution in [1.29, 1.82) is 0 Å². The first-order chi connectivity index (χ1) is 6.60. The van der Waals surface area contributed by atoms with Gasteiger partial charge in [-0.15, -0.1) is 0 Å². The van der Waals surface area contributed by atoms with E-state index in [2.05, 4.69) is 13.1 Å². The first-order valence-corrected chi connectivity index (χ1v) is 7.43. The van der Waals surface area contributed by atoms with Gasteiger partial charge in [-0.2, -0.15) is 0 Å². The van der Waals surface area contributed by atoms with E-state index in [0.717, 1.165) is 0 Å².